The number of rotatable bonds is 3. The Morgan fingerprint density at radius 2 is 1.55 bits per heavy atom. The normalized spacial score (nSPS) is 19.9. The Labute approximate surface area is 223 Å². The molecule has 0 saturated carbocycles. The molecule has 0 bridgehead atoms. The third kappa shape index (κ3) is 10.4. The van der Waals surface area contributed by atoms with Crippen LogP contribution in [-0.4, -0.2) is 95.4 Å². The quantitative estimate of drug-likeness (QED) is 0.526. The molecule has 40 heavy (non-hydrogen) atoms. The predicted octanol–water partition coefficient (Wildman–Crippen LogP) is 2.98. The summed E-state index contributed by atoms with van der Waals surface area (Å²) in [7, 11) is 0. The summed E-state index contributed by atoms with van der Waals surface area (Å²) in [5.74, 6) is -5.52. The van der Waals surface area contributed by atoms with E-state index in [1.807, 2.05) is 47.5 Å². The van der Waals surface area contributed by atoms with E-state index in [9.17, 15) is 31.1 Å². The van der Waals surface area contributed by atoms with Gasteiger partial charge in [-0.3, -0.25) is 14.7 Å². The fourth-order valence-electron chi connectivity index (χ4n) is 3.61. The molecular weight excluding hydrogens is 556 g/mol. The van der Waals surface area contributed by atoms with Gasteiger partial charge in [0.1, 0.15) is 12.2 Å². The van der Waals surface area contributed by atoms with Gasteiger partial charge >= 0.3 is 24.3 Å². The van der Waals surface area contributed by atoms with Crippen molar-refractivity contribution in [2.75, 3.05) is 44.4 Å². The minimum absolute atomic E-state index is 0.00937. The monoisotopic (exact) mass is 581 g/mol. The van der Waals surface area contributed by atoms with Gasteiger partial charge < -0.3 is 24.6 Å². The summed E-state index contributed by atoms with van der Waals surface area (Å²) in [6.07, 6.45) is -6.50. The molecule has 1 unspecified atom stereocenters. The lowest BCUT2D eigenvalue weighted by atomic mass is 10.0. The molecule has 2 aromatic rings. The number of carbonyl (C=O) groups is 3. The van der Waals surface area contributed by atoms with E-state index in [-0.39, 0.29) is 12.5 Å². The fraction of sp³-hybridized carbons (Fsp3) is 0.417. The number of nitrogens with zero attached hydrogens (tertiary/aromatic N) is 3. The first-order valence-corrected chi connectivity index (χ1v) is 11.4. The molecular formula is C24H25F6N3O7. The van der Waals surface area contributed by atoms with Crippen LogP contribution in [0.2, 0.25) is 0 Å². The number of alkyl halides is 6. The van der Waals surface area contributed by atoms with Crippen LogP contribution in [0.25, 0.3) is 0 Å². The molecule has 2 aliphatic rings. The Bertz CT molecular complexity index is 1100. The molecule has 3 heterocycles. The van der Waals surface area contributed by atoms with Crippen LogP contribution in [0, 0.1) is 0 Å². The summed E-state index contributed by atoms with van der Waals surface area (Å²) in [5, 5.41) is 14.2. The van der Waals surface area contributed by atoms with Crippen molar-refractivity contribution in [3.05, 3.63) is 60.4 Å². The summed E-state index contributed by atoms with van der Waals surface area (Å²) < 4.78 is 75.4. The maximum atomic E-state index is 12.4. The number of halogens is 6. The highest BCUT2D eigenvalue weighted by Crippen LogP contribution is 2.27. The number of carboxylic acid groups (broad SMARTS) is 2. The molecule has 1 amide bonds. The van der Waals surface area contributed by atoms with E-state index in [0.29, 0.717) is 19.8 Å². The zero-order chi connectivity index (χ0) is 30.0. The van der Waals surface area contributed by atoms with Crippen LogP contribution >= 0.6 is 0 Å². The van der Waals surface area contributed by atoms with E-state index in [2.05, 4.69) is 16.0 Å². The molecule has 2 fully saturated rings. The predicted molar refractivity (Wildman–Crippen MR) is 125 cm³/mol. The minimum atomic E-state index is -5.08. The van der Waals surface area contributed by atoms with Gasteiger partial charge in [-0.2, -0.15) is 26.3 Å². The van der Waals surface area contributed by atoms with Gasteiger partial charge in [-0.05, 0) is 23.8 Å². The minimum Gasteiger partial charge on any atom is -0.475 e. The molecule has 4 rings (SSSR count). The number of ether oxygens (including phenoxy) is 2. The van der Waals surface area contributed by atoms with Crippen molar-refractivity contribution < 1.29 is 60.4 Å². The van der Waals surface area contributed by atoms with Crippen LogP contribution < -0.4 is 4.90 Å². The lowest BCUT2D eigenvalue weighted by Gasteiger charge is -2.43. The largest absolute Gasteiger partial charge is 0.490 e. The van der Waals surface area contributed by atoms with Crippen molar-refractivity contribution in [1.82, 2.24) is 9.88 Å². The third-order valence-electron chi connectivity index (χ3n) is 5.36. The van der Waals surface area contributed by atoms with Gasteiger partial charge in [0.05, 0.1) is 19.8 Å². The molecule has 1 aromatic carbocycles. The van der Waals surface area contributed by atoms with E-state index in [1.165, 1.54) is 0 Å². The fourth-order valence-corrected chi connectivity index (χ4v) is 3.61. The van der Waals surface area contributed by atoms with Crippen LogP contribution in [0.4, 0.5) is 32.0 Å². The molecule has 2 saturated heterocycles. The number of benzene rings is 1. The molecule has 2 aliphatic heterocycles. The molecule has 1 atom stereocenters. The smallest absolute Gasteiger partial charge is 0.475 e. The topological polar surface area (TPSA) is 130 Å². The van der Waals surface area contributed by atoms with Crippen molar-refractivity contribution in [2.45, 2.75) is 24.5 Å². The van der Waals surface area contributed by atoms with Crippen molar-refractivity contribution in [3.8, 4) is 0 Å². The first-order valence-electron chi connectivity index (χ1n) is 11.4. The number of aromatic nitrogens is 1. The highest BCUT2D eigenvalue weighted by molar-refractivity contribution is 5.95. The van der Waals surface area contributed by atoms with Crippen molar-refractivity contribution >= 4 is 23.5 Å². The number of hydrogen-bond donors (Lipinski definition) is 2. The van der Waals surface area contributed by atoms with Crippen LogP contribution in [0.1, 0.15) is 5.56 Å². The van der Waals surface area contributed by atoms with E-state index in [0.717, 1.165) is 30.9 Å². The molecule has 16 heteroatoms. The van der Waals surface area contributed by atoms with Gasteiger partial charge in [0.2, 0.25) is 0 Å². The van der Waals surface area contributed by atoms with Crippen LogP contribution in [0.3, 0.4) is 0 Å². The average Bonchev–Trinajstić information content (AvgIpc) is 3.08. The van der Waals surface area contributed by atoms with E-state index in [4.69, 9.17) is 29.3 Å². The first kappa shape index (κ1) is 32.5. The Morgan fingerprint density at radius 1 is 0.950 bits per heavy atom. The number of amides is 1. The maximum absolute atomic E-state index is 12.4. The highest BCUT2D eigenvalue weighted by atomic mass is 19.4. The molecule has 10 nitrogen and oxygen atoms in total. The summed E-state index contributed by atoms with van der Waals surface area (Å²) in [4.78, 5) is 38.5. The summed E-state index contributed by atoms with van der Waals surface area (Å²) in [6.45, 7) is 4.08. The number of para-hydroxylation sites is 1. The second kappa shape index (κ2) is 14.0. The Kier molecular flexibility index (Phi) is 11.4. The van der Waals surface area contributed by atoms with Gasteiger partial charge in [-0.25, -0.2) is 9.59 Å². The van der Waals surface area contributed by atoms with Crippen LogP contribution in [-0.2, 0) is 30.4 Å². The van der Waals surface area contributed by atoms with Crippen molar-refractivity contribution in [1.29, 1.82) is 0 Å². The Balaban J connectivity index is 0.000000333. The molecule has 2 N–H and O–H groups in total. The number of carboxylic acids is 2. The molecule has 1 spiro atoms. The number of carbonyl (C=O) groups excluding carboxylic acids is 1. The second-order valence-electron chi connectivity index (χ2n) is 8.52. The van der Waals surface area contributed by atoms with Crippen molar-refractivity contribution in [2.24, 2.45) is 0 Å². The van der Waals surface area contributed by atoms with Gasteiger partial charge in [0.25, 0.3) is 5.91 Å². The summed E-state index contributed by atoms with van der Waals surface area (Å²) in [5.41, 5.74) is 1.56. The van der Waals surface area contributed by atoms with Crippen LogP contribution in [0.15, 0.2) is 54.9 Å². The average molecular weight is 581 g/mol. The number of anilines is 1. The standard InChI is InChI=1S/C20H23N3O3.2C2HF3O2/c24-19-13-26-20(15-23(19)18-6-2-1-3-7-18)14-22(9-10-25-16-20)12-17-5-4-8-21-11-17;2*3-2(4,5)1(6)7/h1-8,11H,9-10,12-16H2;2*(H,6,7). The lowest BCUT2D eigenvalue weighted by Crippen LogP contribution is -2.60. The Morgan fingerprint density at radius 3 is 2.08 bits per heavy atom. The van der Waals surface area contributed by atoms with E-state index < -0.39 is 29.9 Å². The van der Waals surface area contributed by atoms with Gasteiger partial charge in [-0.15, -0.1) is 0 Å². The third-order valence-corrected chi connectivity index (χ3v) is 5.36. The van der Waals surface area contributed by atoms with Gasteiger partial charge in [0.15, 0.2) is 0 Å². The number of morpholine rings is 1. The zero-order valence-electron chi connectivity index (χ0n) is 20.7. The summed E-state index contributed by atoms with van der Waals surface area (Å²) >= 11 is 0. The lowest BCUT2D eigenvalue weighted by molar-refractivity contribution is -0.193. The second-order valence-corrected chi connectivity index (χ2v) is 8.52. The SMILES string of the molecule is O=C(O)C(F)(F)F.O=C(O)C(F)(F)F.O=C1COC2(COCCN(Cc3cccnc3)C2)CN1c1ccccc1. The number of pyridine rings is 1. The van der Waals surface area contributed by atoms with Crippen molar-refractivity contribution in [3.63, 3.8) is 0 Å². The van der Waals surface area contributed by atoms with Gasteiger partial charge in [0, 0.05) is 37.7 Å². The van der Waals surface area contributed by atoms with E-state index in [1.54, 1.807) is 6.20 Å². The Hall–Kier alpha value is -3.76. The molecule has 0 aliphatic carbocycles. The summed E-state index contributed by atoms with van der Waals surface area (Å²) in [6, 6.07) is 13.8. The van der Waals surface area contributed by atoms with Crippen LogP contribution in [0.5, 0.6) is 0 Å². The van der Waals surface area contributed by atoms with Gasteiger partial charge in [-0.1, -0.05) is 24.3 Å². The highest BCUT2D eigenvalue weighted by Gasteiger charge is 2.43. The zero-order valence-corrected chi connectivity index (χ0v) is 20.7. The van der Waals surface area contributed by atoms with E-state index >= 15 is 0 Å². The molecule has 220 valence electrons. The maximum Gasteiger partial charge on any atom is 0.490 e. The molecule has 0 radical (unpaired) electrons. The molecule has 1 aromatic heterocycles. The number of hydrogen-bond acceptors (Lipinski definition) is 7. The first-order chi connectivity index (χ1) is 18.6. The number of aliphatic carboxylic acids is 2.